The van der Waals surface area contributed by atoms with Crippen molar-refractivity contribution in [2.24, 2.45) is 0 Å². The van der Waals surface area contributed by atoms with Crippen molar-refractivity contribution in [2.45, 2.75) is 13.0 Å². The number of aromatic nitrogens is 1. The number of rotatable bonds is 7. The van der Waals surface area contributed by atoms with Crippen LogP contribution >= 0.6 is 0 Å². The zero-order valence-electron chi connectivity index (χ0n) is 15.4. The Morgan fingerprint density at radius 1 is 0.966 bits per heavy atom. The average Bonchev–Trinajstić information content (AvgIpc) is 2.69. The van der Waals surface area contributed by atoms with E-state index in [1.54, 1.807) is 12.1 Å². The number of carboxylic acids is 1. The zero-order valence-corrected chi connectivity index (χ0v) is 15.4. The van der Waals surface area contributed by atoms with Crippen LogP contribution in [0.1, 0.15) is 16.8 Å². The number of carbonyl (C=O) groups excluding carboxylic acids is 2. The van der Waals surface area contributed by atoms with Crippen LogP contribution in [0.25, 0.3) is 10.8 Å². The van der Waals surface area contributed by atoms with E-state index in [9.17, 15) is 19.2 Å². The normalized spacial score (nSPS) is 10.5. The van der Waals surface area contributed by atoms with Crippen LogP contribution in [0.3, 0.4) is 0 Å². The number of amides is 2. The molecule has 0 fully saturated rings. The molecule has 3 aromatic rings. The van der Waals surface area contributed by atoms with Gasteiger partial charge in [-0.3, -0.25) is 19.2 Å². The molecule has 29 heavy (non-hydrogen) atoms. The SMILES string of the molecule is O=C(O)Cn1cc(NC(=O)CCNC(=O)c2ccc3ccccc3c2)ccc1=O. The number of carbonyl (C=O) groups is 3. The highest BCUT2D eigenvalue weighted by atomic mass is 16.4. The number of carboxylic acid groups (broad SMARTS) is 1. The summed E-state index contributed by atoms with van der Waals surface area (Å²) in [6, 6.07) is 15.7. The third-order valence-corrected chi connectivity index (χ3v) is 4.22. The Morgan fingerprint density at radius 3 is 2.48 bits per heavy atom. The van der Waals surface area contributed by atoms with Gasteiger partial charge in [0.15, 0.2) is 0 Å². The van der Waals surface area contributed by atoms with Crippen molar-refractivity contribution in [3.8, 4) is 0 Å². The highest BCUT2D eigenvalue weighted by molar-refractivity contribution is 5.99. The number of aliphatic carboxylic acids is 1. The van der Waals surface area contributed by atoms with Gasteiger partial charge in [0.05, 0.1) is 5.69 Å². The molecule has 0 spiro atoms. The average molecular weight is 393 g/mol. The summed E-state index contributed by atoms with van der Waals surface area (Å²) in [4.78, 5) is 46.7. The third kappa shape index (κ3) is 5.29. The van der Waals surface area contributed by atoms with Crippen LogP contribution in [0, 0.1) is 0 Å². The Kier molecular flexibility index (Phi) is 6.03. The van der Waals surface area contributed by atoms with Crippen LogP contribution < -0.4 is 16.2 Å². The van der Waals surface area contributed by atoms with Gasteiger partial charge < -0.3 is 20.3 Å². The molecule has 2 amide bonds. The maximum atomic E-state index is 12.3. The lowest BCUT2D eigenvalue weighted by atomic mass is 10.1. The fraction of sp³-hybridized carbons (Fsp3) is 0.143. The number of hydrogen-bond donors (Lipinski definition) is 3. The van der Waals surface area contributed by atoms with E-state index < -0.39 is 18.1 Å². The van der Waals surface area contributed by atoms with Gasteiger partial charge >= 0.3 is 5.97 Å². The highest BCUT2D eigenvalue weighted by Crippen LogP contribution is 2.15. The fourth-order valence-corrected chi connectivity index (χ4v) is 2.82. The molecular weight excluding hydrogens is 374 g/mol. The quantitative estimate of drug-likeness (QED) is 0.566. The van der Waals surface area contributed by atoms with Crippen LogP contribution in [0.4, 0.5) is 5.69 Å². The van der Waals surface area contributed by atoms with Crippen LogP contribution in [-0.4, -0.2) is 34.0 Å². The van der Waals surface area contributed by atoms with E-state index in [0.29, 0.717) is 11.3 Å². The van der Waals surface area contributed by atoms with E-state index in [2.05, 4.69) is 10.6 Å². The highest BCUT2D eigenvalue weighted by Gasteiger charge is 2.09. The first kappa shape index (κ1) is 19.8. The minimum atomic E-state index is -1.16. The minimum Gasteiger partial charge on any atom is -0.480 e. The molecule has 0 aliphatic heterocycles. The van der Waals surface area contributed by atoms with Crippen LogP contribution in [-0.2, 0) is 16.1 Å². The summed E-state index contributed by atoms with van der Waals surface area (Å²) in [6.07, 6.45) is 1.29. The first-order valence-corrected chi connectivity index (χ1v) is 8.91. The number of hydrogen-bond acceptors (Lipinski definition) is 4. The van der Waals surface area contributed by atoms with Gasteiger partial charge in [-0.1, -0.05) is 30.3 Å². The summed E-state index contributed by atoms with van der Waals surface area (Å²) in [5.41, 5.74) is 0.328. The summed E-state index contributed by atoms with van der Waals surface area (Å²) in [5, 5.41) is 16.1. The molecule has 0 radical (unpaired) electrons. The lowest BCUT2D eigenvalue weighted by Gasteiger charge is -2.09. The molecule has 0 aliphatic carbocycles. The van der Waals surface area contributed by atoms with Crippen molar-refractivity contribution in [2.75, 3.05) is 11.9 Å². The van der Waals surface area contributed by atoms with Gasteiger partial charge in [0.1, 0.15) is 6.54 Å². The van der Waals surface area contributed by atoms with Crippen LogP contribution in [0.15, 0.2) is 65.6 Å². The number of fused-ring (bicyclic) bond motifs is 1. The van der Waals surface area contributed by atoms with Gasteiger partial charge in [-0.05, 0) is 29.0 Å². The van der Waals surface area contributed by atoms with Crippen molar-refractivity contribution in [3.05, 3.63) is 76.7 Å². The second-order valence-electron chi connectivity index (χ2n) is 6.39. The Balaban J connectivity index is 1.53. The van der Waals surface area contributed by atoms with Gasteiger partial charge in [-0.15, -0.1) is 0 Å². The van der Waals surface area contributed by atoms with Crippen molar-refractivity contribution < 1.29 is 19.5 Å². The van der Waals surface area contributed by atoms with Crippen molar-refractivity contribution >= 4 is 34.2 Å². The Bertz CT molecular complexity index is 1140. The van der Waals surface area contributed by atoms with Crippen LogP contribution in [0.5, 0.6) is 0 Å². The molecule has 0 bridgehead atoms. The Hall–Kier alpha value is -3.94. The van der Waals surface area contributed by atoms with Crippen molar-refractivity contribution in [3.63, 3.8) is 0 Å². The molecule has 148 valence electrons. The van der Waals surface area contributed by atoms with Crippen molar-refractivity contribution in [1.82, 2.24) is 9.88 Å². The molecule has 8 nitrogen and oxygen atoms in total. The molecule has 3 N–H and O–H groups in total. The molecule has 0 saturated carbocycles. The molecule has 0 aliphatic rings. The maximum absolute atomic E-state index is 12.3. The lowest BCUT2D eigenvalue weighted by molar-refractivity contribution is -0.137. The molecule has 0 saturated heterocycles. The largest absolute Gasteiger partial charge is 0.480 e. The molecule has 1 aromatic heterocycles. The summed E-state index contributed by atoms with van der Waals surface area (Å²) < 4.78 is 0.986. The summed E-state index contributed by atoms with van der Waals surface area (Å²) >= 11 is 0. The van der Waals surface area contributed by atoms with Crippen LogP contribution in [0.2, 0.25) is 0 Å². The number of anilines is 1. The van der Waals surface area contributed by atoms with Gasteiger partial charge in [-0.25, -0.2) is 0 Å². The predicted molar refractivity (Wildman–Crippen MR) is 108 cm³/mol. The number of nitrogens with zero attached hydrogens (tertiary/aromatic N) is 1. The number of nitrogens with one attached hydrogen (secondary N) is 2. The Morgan fingerprint density at radius 2 is 1.72 bits per heavy atom. The van der Waals surface area contributed by atoms with E-state index in [1.807, 2.05) is 30.3 Å². The zero-order chi connectivity index (χ0) is 20.8. The second-order valence-corrected chi connectivity index (χ2v) is 6.39. The molecule has 0 unspecified atom stereocenters. The predicted octanol–water partition coefficient (Wildman–Crippen LogP) is 1.84. The molecule has 8 heteroatoms. The monoisotopic (exact) mass is 393 g/mol. The minimum absolute atomic E-state index is 0.0252. The molecule has 2 aromatic carbocycles. The summed E-state index contributed by atoms with van der Waals surface area (Å²) in [6.45, 7) is -0.364. The lowest BCUT2D eigenvalue weighted by Crippen LogP contribution is -2.28. The Labute approximate surface area is 165 Å². The van der Waals surface area contributed by atoms with E-state index in [1.165, 1.54) is 18.3 Å². The summed E-state index contributed by atoms with van der Waals surface area (Å²) in [5.74, 6) is -1.81. The second kappa shape index (κ2) is 8.83. The van der Waals surface area contributed by atoms with E-state index in [0.717, 1.165) is 15.3 Å². The van der Waals surface area contributed by atoms with E-state index in [4.69, 9.17) is 5.11 Å². The van der Waals surface area contributed by atoms with Gasteiger partial charge in [-0.2, -0.15) is 0 Å². The number of benzene rings is 2. The number of pyridine rings is 1. The molecule has 3 rings (SSSR count). The third-order valence-electron chi connectivity index (χ3n) is 4.22. The fourth-order valence-electron chi connectivity index (χ4n) is 2.82. The topological polar surface area (TPSA) is 118 Å². The molecule has 1 heterocycles. The maximum Gasteiger partial charge on any atom is 0.323 e. The first-order chi connectivity index (χ1) is 13.9. The van der Waals surface area contributed by atoms with E-state index in [-0.39, 0.29) is 24.8 Å². The van der Waals surface area contributed by atoms with Gasteiger partial charge in [0.2, 0.25) is 5.91 Å². The smallest absolute Gasteiger partial charge is 0.323 e. The van der Waals surface area contributed by atoms with Gasteiger partial charge in [0, 0.05) is 30.8 Å². The van der Waals surface area contributed by atoms with Gasteiger partial charge in [0.25, 0.3) is 11.5 Å². The van der Waals surface area contributed by atoms with E-state index >= 15 is 0 Å². The first-order valence-electron chi connectivity index (χ1n) is 8.91. The standard InChI is InChI=1S/C21H19N3O5/c25-18(23-17-7-8-19(26)24(12-17)13-20(27)28)9-10-22-21(29)16-6-5-14-3-1-2-4-15(14)11-16/h1-8,11-12H,9-10,13H2,(H,22,29)(H,23,25)(H,27,28). The molecule has 0 atom stereocenters. The molecular formula is C21H19N3O5. The summed E-state index contributed by atoms with van der Waals surface area (Å²) in [7, 11) is 0. The van der Waals surface area contributed by atoms with Crippen molar-refractivity contribution in [1.29, 1.82) is 0 Å².